The van der Waals surface area contributed by atoms with E-state index >= 15 is 0 Å². The first-order valence-electron chi connectivity index (χ1n) is 6.16. The highest BCUT2D eigenvalue weighted by atomic mass is 16.5. The number of hydrogen-bond donors (Lipinski definition) is 1. The van der Waals surface area contributed by atoms with Crippen molar-refractivity contribution >= 4 is 17.3 Å². The number of hydrogen-bond acceptors (Lipinski definition) is 4. The van der Waals surface area contributed by atoms with Crippen LogP contribution in [0.1, 0.15) is 30.6 Å². The van der Waals surface area contributed by atoms with Crippen LogP contribution in [0.3, 0.4) is 0 Å². The van der Waals surface area contributed by atoms with Gasteiger partial charge in [0.25, 0.3) is 0 Å². The third kappa shape index (κ3) is 2.42. The summed E-state index contributed by atoms with van der Waals surface area (Å²) in [7, 11) is 1.37. The second kappa shape index (κ2) is 4.52. The number of nitrogens with two attached hydrogens (primary N) is 1. The molecule has 0 amide bonds. The van der Waals surface area contributed by atoms with Gasteiger partial charge < -0.3 is 15.4 Å². The van der Waals surface area contributed by atoms with Crippen molar-refractivity contribution in [3.05, 3.63) is 23.8 Å². The number of esters is 1. The number of anilines is 2. The second-order valence-electron chi connectivity index (χ2n) is 5.60. The number of nitrogens with zero attached hydrogens (tertiary/aromatic N) is 1. The number of ether oxygens (including phenoxy) is 1. The molecule has 0 aliphatic carbocycles. The van der Waals surface area contributed by atoms with Gasteiger partial charge in [-0.15, -0.1) is 0 Å². The summed E-state index contributed by atoms with van der Waals surface area (Å²) in [6.45, 7) is 6.52. The summed E-state index contributed by atoms with van der Waals surface area (Å²) in [4.78, 5) is 13.7. The molecule has 0 atom stereocenters. The highest BCUT2D eigenvalue weighted by molar-refractivity contribution is 5.92. The van der Waals surface area contributed by atoms with Gasteiger partial charge in [-0.05, 0) is 30.0 Å². The van der Waals surface area contributed by atoms with Crippen LogP contribution in [0.15, 0.2) is 18.2 Å². The van der Waals surface area contributed by atoms with Crippen LogP contribution in [0.5, 0.6) is 0 Å². The van der Waals surface area contributed by atoms with Crippen LogP contribution in [-0.2, 0) is 4.74 Å². The van der Waals surface area contributed by atoms with E-state index in [0.717, 1.165) is 25.2 Å². The fourth-order valence-corrected chi connectivity index (χ4v) is 2.41. The summed E-state index contributed by atoms with van der Waals surface area (Å²) >= 11 is 0. The first-order valence-corrected chi connectivity index (χ1v) is 6.16. The van der Waals surface area contributed by atoms with Crippen molar-refractivity contribution in [3.63, 3.8) is 0 Å². The van der Waals surface area contributed by atoms with Crippen LogP contribution in [0.2, 0.25) is 0 Å². The Morgan fingerprint density at radius 2 is 2.17 bits per heavy atom. The molecule has 2 N–H and O–H groups in total. The molecule has 0 aromatic heterocycles. The lowest BCUT2D eigenvalue weighted by Gasteiger charge is -2.23. The molecule has 1 fully saturated rings. The van der Waals surface area contributed by atoms with E-state index in [1.54, 1.807) is 12.1 Å². The zero-order valence-electron chi connectivity index (χ0n) is 11.2. The summed E-state index contributed by atoms with van der Waals surface area (Å²) in [5, 5.41) is 0. The number of methoxy groups -OCH3 is 1. The molecular weight excluding hydrogens is 228 g/mol. The average molecular weight is 248 g/mol. The quantitative estimate of drug-likeness (QED) is 0.644. The van der Waals surface area contributed by atoms with Gasteiger partial charge in [0.2, 0.25) is 0 Å². The van der Waals surface area contributed by atoms with Crippen molar-refractivity contribution in [3.8, 4) is 0 Å². The molecule has 4 heteroatoms. The molecule has 18 heavy (non-hydrogen) atoms. The minimum Gasteiger partial charge on any atom is -0.465 e. The lowest BCUT2D eigenvalue weighted by Crippen LogP contribution is -2.23. The van der Waals surface area contributed by atoms with E-state index in [4.69, 9.17) is 5.73 Å². The van der Waals surface area contributed by atoms with E-state index in [1.807, 2.05) is 6.07 Å². The summed E-state index contributed by atoms with van der Waals surface area (Å²) in [5.41, 5.74) is 8.50. The van der Waals surface area contributed by atoms with Gasteiger partial charge in [-0.1, -0.05) is 13.8 Å². The summed E-state index contributed by atoms with van der Waals surface area (Å²) < 4.78 is 4.68. The summed E-state index contributed by atoms with van der Waals surface area (Å²) in [6, 6.07) is 5.36. The Bertz CT molecular complexity index is 469. The van der Waals surface area contributed by atoms with Gasteiger partial charge in [-0.2, -0.15) is 0 Å². The molecule has 0 saturated carbocycles. The summed E-state index contributed by atoms with van der Waals surface area (Å²) in [6.07, 6.45) is 1.16. The van der Waals surface area contributed by atoms with Crippen LogP contribution in [-0.4, -0.2) is 26.2 Å². The highest BCUT2D eigenvalue weighted by Gasteiger charge is 2.30. The highest BCUT2D eigenvalue weighted by Crippen LogP contribution is 2.35. The van der Waals surface area contributed by atoms with Gasteiger partial charge in [0.1, 0.15) is 0 Å². The van der Waals surface area contributed by atoms with Crippen molar-refractivity contribution in [2.24, 2.45) is 5.41 Å². The van der Waals surface area contributed by atoms with Crippen molar-refractivity contribution in [2.45, 2.75) is 20.3 Å². The lowest BCUT2D eigenvalue weighted by molar-refractivity contribution is 0.0601. The Morgan fingerprint density at radius 3 is 2.67 bits per heavy atom. The standard InChI is InChI=1S/C14H20N2O2/c1-14(2)6-7-16(9-14)12-5-4-10(8-11(12)15)13(17)18-3/h4-5,8H,6-7,9,15H2,1-3H3. The SMILES string of the molecule is COC(=O)c1ccc(N2CCC(C)(C)C2)c(N)c1. The predicted molar refractivity (Wildman–Crippen MR) is 72.8 cm³/mol. The summed E-state index contributed by atoms with van der Waals surface area (Å²) in [5.74, 6) is -0.352. The maximum Gasteiger partial charge on any atom is 0.337 e. The van der Waals surface area contributed by atoms with Crippen molar-refractivity contribution < 1.29 is 9.53 Å². The molecule has 0 spiro atoms. The van der Waals surface area contributed by atoms with Crippen molar-refractivity contribution in [1.82, 2.24) is 0 Å². The molecule has 0 unspecified atom stereocenters. The van der Waals surface area contributed by atoms with Gasteiger partial charge in [0.15, 0.2) is 0 Å². The molecular formula is C14H20N2O2. The maximum atomic E-state index is 11.4. The van der Waals surface area contributed by atoms with Gasteiger partial charge >= 0.3 is 5.97 Å². The molecule has 0 radical (unpaired) electrons. The Balaban J connectivity index is 2.23. The van der Waals surface area contributed by atoms with Gasteiger partial charge in [-0.25, -0.2) is 4.79 Å². The number of nitrogen functional groups attached to an aromatic ring is 1. The molecule has 2 rings (SSSR count). The van der Waals surface area contributed by atoms with Crippen LogP contribution in [0, 0.1) is 5.41 Å². The van der Waals surface area contributed by atoms with E-state index in [9.17, 15) is 4.79 Å². The molecule has 1 aliphatic heterocycles. The van der Waals surface area contributed by atoms with Gasteiger partial charge in [-0.3, -0.25) is 0 Å². The Labute approximate surface area is 108 Å². The smallest absolute Gasteiger partial charge is 0.337 e. The van der Waals surface area contributed by atoms with Crippen LogP contribution < -0.4 is 10.6 Å². The number of rotatable bonds is 2. The Kier molecular flexibility index (Phi) is 3.20. The average Bonchev–Trinajstić information content (AvgIpc) is 2.68. The monoisotopic (exact) mass is 248 g/mol. The molecule has 1 aromatic rings. The minimum atomic E-state index is -0.352. The molecule has 4 nitrogen and oxygen atoms in total. The minimum absolute atomic E-state index is 0.327. The number of carbonyl (C=O) groups is 1. The zero-order valence-corrected chi connectivity index (χ0v) is 11.2. The molecule has 1 aliphatic rings. The predicted octanol–water partition coefficient (Wildman–Crippen LogP) is 2.29. The zero-order chi connectivity index (χ0) is 13.3. The fraction of sp³-hybridized carbons (Fsp3) is 0.500. The van der Waals surface area contributed by atoms with E-state index < -0.39 is 0 Å². The first-order chi connectivity index (χ1) is 8.43. The topological polar surface area (TPSA) is 55.6 Å². The third-order valence-electron chi connectivity index (χ3n) is 3.47. The van der Waals surface area contributed by atoms with Crippen LogP contribution >= 0.6 is 0 Å². The Hall–Kier alpha value is -1.71. The van der Waals surface area contributed by atoms with Crippen molar-refractivity contribution in [1.29, 1.82) is 0 Å². The molecule has 1 saturated heterocycles. The molecule has 0 bridgehead atoms. The third-order valence-corrected chi connectivity index (χ3v) is 3.47. The van der Waals surface area contributed by atoms with Crippen LogP contribution in [0.4, 0.5) is 11.4 Å². The fourth-order valence-electron chi connectivity index (χ4n) is 2.41. The van der Waals surface area contributed by atoms with Crippen LogP contribution in [0.25, 0.3) is 0 Å². The van der Waals surface area contributed by atoms with E-state index in [0.29, 0.717) is 16.7 Å². The van der Waals surface area contributed by atoms with E-state index in [2.05, 4.69) is 23.5 Å². The molecule has 1 aromatic carbocycles. The lowest BCUT2D eigenvalue weighted by atomic mass is 9.93. The molecule has 98 valence electrons. The maximum absolute atomic E-state index is 11.4. The normalized spacial score (nSPS) is 17.8. The number of carbonyl (C=O) groups excluding carboxylic acids is 1. The van der Waals surface area contributed by atoms with E-state index in [1.165, 1.54) is 7.11 Å². The Morgan fingerprint density at radius 1 is 1.44 bits per heavy atom. The van der Waals surface area contributed by atoms with Gasteiger partial charge in [0, 0.05) is 13.1 Å². The van der Waals surface area contributed by atoms with Gasteiger partial charge in [0.05, 0.1) is 24.0 Å². The number of benzene rings is 1. The van der Waals surface area contributed by atoms with Crippen molar-refractivity contribution in [2.75, 3.05) is 30.8 Å². The first kappa shape index (κ1) is 12.7. The largest absolute Gasteiger partial charge is 0.465 e. The molecule has 1 heterocycles. The van der Waals surface area contributed by atoms with E-state index in [-0.39, 0.29) is 5.97 Å². The second-order valence-corrected chi connectivity index (χ2v) is 5.60.